The Morgan fingerprint density at radius 3 is 2.75 bits per heavy atom. The van der Waals surface area contributed by atoms with Crippen LogP contribution in [0.5, 0.6) is 0 Å². The molecule has 0 saturated carbocycles. The highest BCUT2D eigenvalue weighted by atomic mass is 19.1. The van der Waals surface area contributed by atoms with Crippen LogP contribution in [0.2, 0.25) is 0 Å². The Morgan fingerprint density at radius 2 is 2.19 bits per heavy atom. The van der Waals surface area contributed by atoms with Gasteiger partial charge < -0.3 is 15.2 Å². The topological polar surface area (TPSA) is 44.5 Å². The van der Waals surface area contributed by atoms with E-state index in [-0.39, 0.29) is 18.0 Å². The minimum atomic E-state index is -0.291. The van der Waals surface area contributed by atoms with Gasteiger partial charge in [0.2, 0.25) is 0 Å². The predicted octanol–water partition coefficient (Wildman–Crippen LogP) is 1.88. The van der Waals surface area contributed by atoms with Crippen LogP contribution in [0.25, 0.3) is 0 Å². The summed E-state index contributed by atoms with van der Waals surface area (Å²) in [7, 11) is 1.61. The summed E-state index contributed by atoms with van der Waals surface area (Å²) in [5.74, 6) is -0.279. The molecule has 0 bridgehead atoms. The van der Waals surface area contributed by atoms with Gasteiger partial charge in [-0.15, -0.1) is 0 Å². The SMILES string of the molecule is COCC(C)OC(CN)c1cccc(F)c1. The van der Waals surface area contributed by atoms with Gasteiger partial charge in [-0.05, 0) is 24.6 Å². The molecule has 0 aromatic heterocycles. The van der Waals surface area contributed by atoms with Gasteiger partial charge in [0.15, 0.2) is 0 Å². The first kappa shape index (κ1) is 13.1. The van der Waals surface area contributed by atoms with Crippen molar-refractivity contribution in [1.82, 2.24) is 0 Å². The number of benzene rings is 1. The zero-order valence-corrected chi connectivity index (χ0v) is 9.65. The fourth-order valence-corrected chi connectivity index (χ4v) is 1.53. The summed E-state index contributed by atoms with van der Waals surface area (Å²) in [5, 5.41) is 0. The summed E-state index contributed by atoms with van der Waals surface area (Å²) in [6.07, 6.45) is -0.359. The highest BCUT2D eigenvalue weighted by Gasteiger charge is 2.14. The normalized spacial score (nSPS) is 14.8. The van der Waals surface area contributed by atoms with E-state index in [0.29, 0.717) is 13.2 Å². The lowest BCUT2D eigenvalue weighted by Gasteiger charge is -2.21. The molecule has 0 spiro atoms. The molecular weight excluding hydrogens is 209 g/mol. The number of halogens is 1. The molecule has 4 heteroatoms. The molecule has 3 nitrogen and oxygen atoms in total. The van der Waals surface area contributed by atoms with Crippen molar-refractivity contribution in [2.45, 2.75) is 19.1 Å². The van der Waals surface area contributed by atoms with E-state index in [0.717, 1.165) is 5.56 Å². The van der Waals surface area contributed by atoms with Gasteiger partial charge in [0.25, 0.3) is 0 Å². The largest absolute Gasteiger partial charge is 0.382 e. The van der Waals surface area contributed by atoms with Crippen molar-refractivity contribution in [3.05, 3.63) is 35.6 Å². The van der Waals surface area contributed by atoms with Crippen LogP contribution in [0.4, 0.5) is 4.39 Å². The zero-order valence-electron chi connectivity index (χ0n) is 9.65. The van der Waals surface area contributed by atoms with Crippen LogP contribution in [-0.2, 0) is 9.47 Å². The summed E-state index contributed by atoms with van der Waals surface area (Å²) in [4.78, 5) is 0. The van der Waals surface area contributed by atoms with E-state index in [1.165, 1.54) is 12.1 Å². The van der Waals surface area contributed by atoms with Crippen molar-refractivity contribution < 1.29 is 13.9 Å². The van der Waals surface area contributed by atoms with Gasteiger partial charge in [-0.25, -0.2) is 4.39 Å². The van der Waals surface area contributed by atoms with E-state index in [4.69, 9.17) is 15.2 Å². The Morgan fingerprint density at radius 1 is 1.44 bits per heavy atom. The van der Waals surface area contributed by atoms with Crippen molar-refractivity contribution in [3.63, 3.8) is 0 Å². The van der Waals surface area contributed by atoms with E-state index in [1.54, 1.807) is 19.2 Å². The molecule has 0 aliphatic rings. The van der Waals surface area contributed by atoms with Crippen molar-refractivity contribution in [3.8, 4) is 0 Å². The zero-order chi connectivity index (χ0) is 12.0. The first-order valence-electron chi connectivity index (χ1n) is 5.27. The second kappa shape index (κ2) is 6.58. The predicted molar refractivity (Wildman–Crippen MR) is 60.6 cm³/mol. The molecule has 0 radical (unpaired) electrons. The van der Waals surface area contributed by atoms with Gasteiger partial charge in [0, 0.05) is 13.7 Å². The van der Waals surface area contributed by atoms with Gasteiger partial charge in [-0.3, -0.25) is 0 Å². The Labute approximate surface area is 95.4 Å². The maximum atomic E-state index is 13.0. The van der Waals surface area contributed by atoms with E-state index in [2.05, 4.69) is 0 Å². The number of nitrogens with two attached hydrogens (primary N) is 1. The first-order valence-corrected chi connectivity index (χ1v) is 5.27. The summed E-state index contributed by atoms with van der Waals surface area (Å²) < 4.78 is 23.7. The van der Waals surface area contributed by atoms with Crippen LogP contribution in [-0.4, -0.2) is 26.4 Å². The molecule has 0 aliphatic carbocycles. The molecule has 1 rings (SSSR count). The van der Waals surface area contributed by atoms with Crippen molar-refractivity contribution in [1.29, 1.82) is 0 Å². The molecule has 0 aliphatic heterocycles. The van der Waals surface area contributed by atoms with Crippen LogP contribution in [0.15, 0.2) is 24.3 Å². The monoisotopic (exact) mass is 227 g/mol. The van der Waals surface area contributed by atoms with Gasteiger partial charge in [-0.1, -0.05) is 12.1 Å². The summed E-state index contributed by atoms with van der Waals surface area (Å²) >= 11 is 0. The van der Waals surface area contributed by atoms with Crippen LogP contribution in [0.1, 0.15) is 18.6 Å². The van der Waals surface area contributed by atoms with E-state index < -0.39 is 0 Å². The fourth-order valence-electron chi connectivity index (χ4n) is 1.53. The molecule has 90 valence electrons. The van der Waals surface area contributed by atoms with Crippen LogP contribution >= 0.6 is 0 Å². The highest BCUT2D eigenvalue weighted by molar-refractivity contribution is 5.19. The van der Waals surface area contributed by atoms with Crippen molar-refractivity contribution in [2.24, 2.45) is 5.73 Å². The Kier molecular flexibility index (Phi) is 5.38. The number of hydrogen-bond donors (Lipinski definition) is 1. The number of ether oxygens (including phenoxy) is 2. The third-order valence-corrected chi connectivity index (χ3v) is 2.23. The minimum Gasteiger partial charge on any atom is -0.382 e. The summed E-state index contributed by atoms with van der Waals surface area (Å²) in [6.45, 7) is 2.70. The third-order valence-electron chi connectivity index (χ3n) is 2.23. The fraction of sp³-hybridized carbons (Fsp3) is 0.500. The van der Waals surface area contributed by atoms with Gasteiger partial charge in [-0.2, -0.15) is 0 Å². The number of methoxy groups -OCH3 is 1. The molecule has 0 saturated heterocycles. The minimum absolute atomic E-state index is 0.0678. The molecule has 0 amide bonds. The van der Waals surface area contributed by atoms with Gasteiger partial charge in [0.05, 0.1) is 18.8 Å². The second-order valence-corrected chi connectivity index (χ2v) is 3.68. The molecule has 1 aromatic carbocycles. The number of hydrogen-bond acceptors (Lipinski definition) is 3. The van der Waals surface area contributed by atoms with Crippen molar-refractivity contribution in [2.75, 3.05) is 20.3 Å². The van der Waals surface area contributed by atoms with Crippen LogP contribution in [0, 0.1) is 5.82 Å². The molecule has 16 heavy (non-hydrogen) atoms. The second-order valence-electron chi connectivity index (χ2n) is 3.68. The molecule has 2 N–H and O–H groups in total. The van der Waals surface area contributed by atoms with Gasteiger partial charge in [0.1, 0.15) is 5.82 Å². The van der Waals surface area contributed by atoms with Crippen molar-refractivity contribution >= 4 is 0 Å². The molecule has 1 aromatic rings. The smallest absolute Gasteiger partial charge is 0.123 e. The maximum absolute atomic E-state index is 13.0. The van der Waals surface area contributed by atoms with Gasteiger partial charge >= 0.3 is 0 Å². The van der Waals surface area contributed by atoms with E-state index >= 15 is 0 Å². The van der Waals surface area contributed by atoms with Crippen LogP contribution in [0.3, 0.4) is 0 Å². The van der Waals surface area contributed by atoms with E-state index in [9.17, 15) is 4.39 Å². The lowest BCUT2D eigenvalue weighted by Crippen LogP contribution is -2.23. The highest BCUT2D eigenvalue weighted by Crippen LogP contribution is 2.18. The molecule has 0 heterocycles. The quantitative estimate of drug-likeness (QED) is 0.807. The third kappa shape index (κ3) is 3.89. The Hall–Kier alpha value is -0.970. The average molecular weight is 227 g/mol. The lowest BCUT2D eigenvalue weighted by atomic mass is 10.1. The Bertz CT molecular complexity index is 320. The lowest BCUT2D eigenvalue weighted by molar-refractivity contribution is -0.0363. The molecule has 2 unspecified atom stereocenters. The molecule has 2 atom stereocenters. The standard InChI is InChI=1S/C12H18FNO2/c1-9(8-15-2)16-12(7-14)10-4-3-5-11(13)6-10/h3-6,9,12H,7-8,14H2,1-2H3. The van der Waals surface area contributed by atoms with Crippen LogP contribution < -0.4 is 5.73 Å². The first-order chi connectivity index (χ1) is 7.67. The summed E-state index contributed by atoms with van der Waals surface area (Å²) in [5.41, 5.74) is 6.37. The Balaban J connectivity index is 2.67. The maximum Gasteiger partial charge on any atom is 0.123 e. The van der Waals surface area contributed by atoms with E-state index in [1.807, 2.05) is 6.92 Å². The molecular formula is C12H18FNO2. The summed E-state index contributed by atoms with van der Waals surface area (Å²) in [6, 6.07) is 6.30. The molecule has 0 fully saturated rings. The number of rotatable bonds is 6. The average Bonchev–Trinajstić information content (AvgIpc) is 2.26.